The number of fused-ring (bicyclic) bond motifs is 2. The second-order valence-electron chi connectivity index (χ2n) is 11.1. The van der Waals surface area contributed by atoms with Crippen LogP contribution in [-0.2, 0) is 30.7 Å². The topological polar surface area (TPSA) is 87.1 Å². The van der Waals surface area contributed by atoms with Gasteiger partial charge in [0.05, 0.1) is 5.56 Å². The summed E-state index contributed by atoms with van der Waals surface area (Å²) >= 11 is 1.94. The first kappa shape index (κ1) is 29.2. The summed E-state index contributed by atoms with van der Waals surface area (Å²) in [5.74, 6) is 0.444. The van der Waals surface area contributed by atoms with E-state index in [4.69, 9.17) is 9.84 Å². The number of thioether (sulfide) groups is 1. The van der Waals surface area contributed by atoms with Gasteiger partial charge in [-0.15, -0.1) is 11.8 Å². The van der Waals surface area contributed by atoms with Gasteiger partial charge < -0.3 is 14.9 Å². The Morgan fingerprint density at radius 3 is 2.63 bits per heavy atom. The highest BCUT2D eigenvalue weighted by molar-refractivity contribution is 7.99. The van der Waals surface area contributed by atoms with Gasteiger partial charge in [-0.1, -0.05) is 36.4 Å². The number of para-hydroxylation sites is 1. The van der Waals surface area contributed by atoms with Crippen molar-refractivity contribution in [3.8, 4) is 5.75 Å². The zero-order chi connectivity index (χ0) is 28.6. The molecular weight excluding hydrogens is 534 g/mol. The molecule has 1 heterocycles. The number of aromatic carboxylic acids is 1. The van der Waals surface area contributed by atoms with Crippen LogP contribution in [0.15, 0.2) is 65.6 Å². The predicted octanol–water partition coefficient (Wildman–Crippen LogP) is 7.18. The maximum atomic E-state index is 11.6. The number of ether oxygens (including phenoxy) is 1. The summed E-state index contributed by atoms with van der Waals surface area (Å²) in [6.07, 6.45) is 7.70. The summed E-state index contributed by atoms with van der Waals surface area (Å²) in [5.41, 5.74) is 6.44. The van der Waals surface area contributed by atoms with Gasteiger partial charge in [0, 0.05) is 23.9 Å². The molecule has 0 aromatic heterocycles. The van der Waals surface area contributed by atoms with Crippen molar-refractivity contribution in [1.82, 2.24) is 4.90 Å². The van der Waals surface area contributed by atoms with Gasteiger partial charge in [0.1, 0.15) is 12.4 Å². The summed E-state index contributed by atoms with van der Waals surface area (Å²) < 4.78 is 6.36. The Labute approximate surface area is 246 Å². The maximum absolute atomic E-state index is 11.6. The number of aliphatic carboxylic acids is 1. The molecule has 2 aliphatic rings. The quantitative estimate of drug-likeness (QED) is 0.210. The lowest BCUT2D eigenvalue weighted by Gasteiger charge is -2.36. The lowest BCUT2D eigenvalue weighted by Crippen LogP contribution is -2.34. The molecule has 2 N–H and O–H groups in total. The van der Waals surface area contributed by atoms with Crippen LogP contribution in [-0.4, -0.2) is 45.9 Å². The number of unbranched alkanes of at least 4 members (excludes halogenated alkanes) is 1. The molecule has 0 radical (unpaired) electrons. The SMILES string of the molecule is O=C(O)CCCCN(CCc1ccccc1OCc1ccc2c(c1)CCCS2)C1CCCc2cc(C(=O)O)ccc21. The number of hydrogen-bond acceptors (Lipinski definition) is 5. The highest BCUT2D eigenvalue weighted by Crippen LogP contribution is 2.36. The smallest absolute Gasteiger partial charge is 0.335 e. The molecule has 5 rings (SSSR count). The molecule has 41 heavy (non-hydrogen) atoms. The molecule has 3 aromatic rings. The van der Waals surface area contributed by atoms with Crippen molar-refractivity contribution in [2.75, 3.05) is 18.8 Å². The Hall–Kier alpha value is -3.29. The number of carboxylic acids is 2. The molecule has 0 fully saturated rings. The molecule has 0 bridgehead atoms. The highest BCUT2D eigenvalue weighted by Gasteiger charge is 2.27. The van der Waals surface area contributed by atoms with Gasteiger partial charge in [0.15, 0.2) is 0 Å². The van der Waals surface area contributed by atoms with Crippen LogP contribution in [0.3, 0.4) is 0 Å². The van der Waals surface area contributed by atoms with E-state index < -0.39 is 11.9 Å². The predicted molar refractivity (Wildman–Crippen MR) is 162 cm³/mol. The first-order valence-electron chi connectivity index (χ1n) is 14.7. The van der Waals surface area contributed by atoms with E-state index in [2.05, 4.69) is 35.2 Å². The molecule has 0 spiro atoms. The van der Waals surface area contributed by atoms with Crippen molar-refractivity contribution in [2.45, 2.75) is 75.3 Å². The van der Waals surface area contributed by atoms with E-state index >= 15 is 0 Å². The third-order valence-electron chi connectivity index (χ3n) is 8.21. The second kappa shape index (κ2) is 14.1. The van der Waals surface area contributed by atoms with Crippen LogP contribution in [0.2, 0.25) is 0 Å². The van der Waals surface area contributed by atoms with Gasteiger partial charge in [-0.25, -0.2) is 4.79 Å². The lowest BCUT2D eigenvalue weighted by molar-refractivity contribution is -0.137. The van der Waals surface area contributed by atoms with Crippen LogP contribution in [0.1, 0.15) is 82.7 Å². The third-order valence-corrected chi connectivity index (χ3v) is 9.41. The minimum absolute atomic E-state index is 0.176. The van der Waals surface area contributed by atoms with Crippen LogP contribution in [0.25, 0.3) is 0 Å². The molecule has 1 unspecified atom stereocenters. The van der Waals surface area contributed by atoms with Crippen LogP contribution >= 0.6 is 11.8 Å². The molecule has 0 saturated heterocycles. The molecule has 3 aromatic carbocycles. The van der Waals surface area contributed by atoms with Crippen LogP contribution in [0.5, 0.6) is 5.75 Å². The Balaban J connectivity index is 1.29. The molecule has 1 aliphatic heterocycles. The molecule has 0 amide bonds. The molecule has 216 valence electrons. The van der Waals surface area contributed by atoms with Crippen LogP contribution < -0.4 is 4.74 Å². The van der Waals surface area contributed by atoms with Crippen molar-refractivity contribution in [3.63, 3.8) is 0 Å². The van der Waals surface area contributed by atoms with E-state index in [0.29, 0.717) is 18.6 Å². The van der Waals surface area contributed by atoms with Gasteiger partial charge in [-0.3, -0.25) is 9.69 Å². The fourth-order valence-corrected chi connectivity index (χ4v) is 7.11. The molecule has 7 heteroatoms. The van der Waals surface area contributed by atoms with Gasteiger partial charge in [-0.05, 0) is 116 Å². The zero-order valence-electron chi connectivity index (χ0n) is 23.5. The van der Waals surface area contributed by atoms with Gasteiger partial charge >= 0.3 is 11.9 Å². The van der Waals surface area contributed by atoms with Crippen molar-refractivity contribution >= 4 is 23.7 Å². The first-order chi connectivity index (χ1) is 20.0. The van der Waals surface area contributed by atoms with E-state index in [1.165, 1.54) is 33.8 Å². The van der Waals surface area contributed by atoms with Crippen LogP contribution in [0, 0.1) is 0 Å². The van der Waals surface area contributed by atoms with Crippen molar-refractivity contribution in [1.29, 1.82) is 0 Å². The fraction of sp³-hybridized carbons (Fsp3) is 0.412. The monoisotopic (exact) mass is 573 g/mol. The van der Waals surface area contributed by atoms with Crippen molar-refractivity contribution < 1.29 is 24.5 Å². The minimum atomic E-state index is -0.897. The number of rotatable bonds is 13. The Bertz CT molecular complexity index is 1370. The largest absolute Gasteiger partial charge is 0.489 e. The Morgan fingerprint density at radius 2 is 1.78 bits per heavy atom. The van der Waals surface area contributed by atoms with E-state index in [0.717, 1.165) is 68.5 Å². The number of benzene rings is 3. The summed E-state index contributed by atoms with van der Waals surface area (Å²) in [5, 5.41) is 18.6. The van der Waals surface area contributed by atoms with E-state index in [1.807, 2.05) is 36.0 Å². The number of carbonyl (C=O) groups is 2. The summed E-state index contributed by atoms with van der Waals surface area (Å²) in [7, 11) is 0. The molecular formula is C34H39NO5S. The number of nitrogens with zero attached hydrogens (tertiary/aromatic N) is 1. The summed E-state index contributed by atoms with van der Waals surface area (Å²) in [4.78, 5) is 26.5. The standard InChI is InChI=1S/C34H39NO5S/c36-33(37)12-3-4-18-35(30-10-5-8-26-22-28(34(38)39)14-15-29(26)30)19-17-25-7-1-2-11-31(25)40-23-24-13-16-32-27(21-24)9-6-20-41-32/h1-2,7,11,13-16,21-22,30H,3-6,8-10,12,17-20,23H2,(H,36,37)(H,38,39). The summed E-state index contributed by atoms with van der Waals surface area (Å²) in [6, 6.07) is 20.7. The minimum Gasteiger partial charge on any atom is -0.489 e. The van der Waals surface area contributed by atoms with Gasteiger partial charge in [-0.2, -0.15) is 0 Å². The second-order valence-corrected chi connectivity index (χ2v) is 12.2. The number of carboxylic acid groups (broad SMARTS) is 2. The fourth-order valence-electron chi connectivity index (χ4n) is 6.10. The van der Waals surface area contributed by atoms with Crippen molar-refractivity contribution in [3.05, 3.63) is 94.0 Å². The highest BCUT2D eigenvalue weighted by atomic mass is 32.2. The van der Waals surface area contributed by atoms with Crippen LogP contribution in [0.4, 0.5) is 0 Å². The average molecular weight is 574 g/mol. The van der Waals surface area contributed by atoms with Gasteiger partial charge in [0.25, 0.3) is 0 Å². The summed E-state index contributed by atoms with van der Waals surface area (Å²) in [6.45, 7) is 2.15. The Morgan fingerprint density at radius 1 is 0.927 bits per heavy atom. The zero-order valence-corrected chi connectivity index (χ0v) is 24.3. The average Bonchev–Trinajstić information content (AvgIpc) is 2.99. The molecule has 6 nitrogen and oxygen atoms in total. The Kier molecular flexibility index (Phi) is 10.0. The molecule has 0 saturated carbocycles. The molecule has 1 aliphatic carbocycles. The third kappa shape index (κ3) is 7.72. The lowest BCUT2D eigenvalue weighted by atomic mass is 9.85. The van der Waals surface area contributed by atoms with E-state index in [1.54, 1.807) is 6.07 Å². The number of aryl methyl sites for hydroxylation is 2. The van der Waals surface area contributed by atoms with E-state index in [-0.39, 0.29) is 12.5 Å². The van der Waals surface area contributed by atoms with Gasteiger partial charge in [0.2, 0.25) is 0 Å². The normalized spacial score (nSPS) is 16.2. The van der Waals surface area contributed by atoms with E-state index in [9.17, 15) is 14.7 Å². The van der Waals surface area contributed by atoms with Crippen molar-refractivity contribution in [2.24, 2.45) is 0 Å². The maximum Gasteiger partial charge on any atom is 0.335 e. The number of hydrogen-bond donors (Lipinski definition) is 2. The first-order valence-corrected chi connectivity index (χ1v) is 15.7. The molecule has 1 atom stereocenters.